The van der Waals surface area contributed by atoms with Gasteiger partial charge in [0.15, 0.2) is 34.6 Å². The van der Waals surface area contributed by atoms with Gasteiger partial charge in [-0.1, -0.05) is 18.2 Å². The Bertz CT molecular complexity index is 2250. The summed E-state index contributed by atoms with van der Waals surface area (Å²) in [5, 5.41) is 2.82. The van der Waals surface area contributed by atoms with Crippen LogP contribution in [-0.2, 0) is 31.6 Å². The first-order valence-corrected chi connectivity index (χ1v) is 17.1. The minimum atomic E-state index is -3.69. The monoisotopic (exact) mass is 721 g/mol. The Labute approximate surface area is 302 Å². The zero-order valence-corrected chi connectivity index (χ0v) is 28.8. The summed E-state index contributed by atoms with van der Waals surface area (Å²) in [4.78, 5) is 54.4. The number of alkyl halides is 2. The number of carbonyl (C=O) groups excluding carboxylic acids is 3. The smallest absolute Gasteiger partial charge is 0.454 e. The summed E-state index contributed by atoms with van der Waals surface area (Å²) in [5.41, 5.74) is 3.50. The van der Waals surface area contributed by atoms with Crippen molar-refractivity contribution in [2.45, 2.75) is 69.5 Å². The second-order valence-corrected chi connectivity index (χ2v) is 13.6. The lowest BCUT2D eigenvalue weighted by molar-refractivity contribution is -0.286. The molecule has 0 spiro atoms. The predicted molar refractivity (Wildman–Crippen MR) is 185 cm³/mol. The molecule has 0 saturated heterocycles. The third-order valence-electron chi connectivity index (χ3n) is 9.95. The summed E-state index contributed by atoms with van der Waals surface area (Å²) < 4.78 is 46.3. The van der Waals surface area contributed by atoms with Crippen LogP contribution >= 0.6 is 0 Å². The summed E-state index contributed by atoms with van der Waals surface area (Å²) in [5.74, 6) is 1.92. The number of nitrogens with one attached hydrogen (secondary N) is 1. The van der Waals surface area contributed by atoms with Crippen LogP contribution < -0.4 is 24.3 Å². The van der Waals surface area contributed by atoms with Gasteiger partial charge in [-0.2, -0.15) is 0 Å². The summed E-state index contributed by atoms with van der Waals surface area (Å²) in [6, 6.07) is 12.0. The number of ketones is 2. The maximum absolute atomic E-state index is 13.3. The van der Waals surface area contributed by atoms with E-state index in [1.165, 1.54) is 18.2 Å². The minimum absolute atomic E-state index is 0.0216. The second-order valence-electron chi connectivity index (χ2n) is 13.6. The highest BCUT2D eigenvalue weighted by molar-refractivity contribution is 6.00. The molecule has 12 nitrogen and oxygen atoms in total. The highest BCUT2D eigenvalue weighted by atomic mass is 19.3. The second kappa shape index (κ2) is 12.9. The molecule has 270 valence electrons. The standard InChI is InChI=1S/C23H18F2N2O4.C16H15N3O3/c1-13-12-26-20(27-21(13)14-2-5-16(28)6-3-14)11-19(29)22(8-9-22)15-4-7-17-18(10-15)31-23(24,25)30-17;1-10-4-7-17-15(18-10)19-14(20)16(5-6-16)11-2-3-12-13(8-11)22-9-21-12/h2-5,7,10,12H,6,8-9,11H2,1H3;2-4,7-8H,5-6,9H2,1H3,(H,17,18,19,20). The average molecular weight is 722 g/mol. The quantitative estimate of drug-likeness (QED) is 0.227. The van der Waals surface area contributed by atoms with Crippen molar-refractivity contribution >= 4 is 29.0 Å². The number of rotatable bonds is 8. The lowest BCUT2D eigenvalue weighted by Crippen LogP contribution is -2.28. The normalized spacial score (nSPS) is 18.7. The molecule has 9 rings (SSSR count). The first-order valence-electron chi connectivity index (χ1n) is 17.1. The van der Waals surface area contributed by atoms with Gasteiger partial charge < -0.3 is 18.9 Å². The van der Waals surface area contributed by atoms with Crippen LogP contribution in [0.2, 0.25) is 0 Å². The van der Waals surface area contributed by atoms with Gasteiger partial charge in [-0.25, -0.2) is 19.9 Å². The molecule has 0 atom stereocenters. The highest BCUT2D eigenvalue weighted by Gasteiger charge is 2.53. The van der Waals surface area contributed by atoms with Gasteiger partial charge in [0.25, 0.3) is 0 Å². The van der Waals surface area contributed by atoms with Crippen LogP contribution in [0.5, 0.6) is 23.0 Å². The molecule has 2 saturated carbocycles. The molecule has 1 N–H and O–H groups in total. The lowest BCUT2D eigenvalue weighted by Gasteiger charge is -2.15. The van der Waals surface area contributed by atoms with Crippen molar-refractivity contribution in [1.29, 1.82) is 0 Å². The number of ether oxygens (including phenoxy) is 4. The Morgan fingerprint density at radius 3 is 2.25 bits per heavy atom. The molecule has 0 bridgehead atoms. The highest BCUT2D eigenvalue weighted by Crippen LogP contribution is 2.53. The fraction of sp³-hybridized carbons (Fsp3) is 0.308. The molecule has 53 heavy (non-hydrogen) atoms. The van der Waals surface area contributed by atoms with Crippen LogP contribution in [0.1, 0.15) is 66.0 Å². The molecule has 4 heterocycles. The fourth-order valence-corrected chi connectivity index (χ4v) is 6.67. The number of allylic oxidation sites excluding steroid dienone is 4. The van der Waals surface area contributed by atoms with E-state index in [2.05, 4.69) is 34.7 Å². The van der Waals surface area contributed by atoms with Gasteiger partial charge in [-0.3, -0.25) is 19.7 Å². The average Bonchev–Trinajstić information content (AvgIpc) is 4.05. The number of anilines is 1. The molecule has 5 aliphatic rings. The van der Waals surface area contributed by atoms with Gasteiger partial charge in [0, 0.05) is 24.5 Å². The number of nitrogens with zero attached hydrogens (tertiary/aromatic N) is 4. The molecule has 0 unspecified atom stereocenters. The molecule has 3 aliphatic carbocycles. The fourth-order valence-electron chi connectivity index (χ4n) is 6.67. The Morgan fingerprint density at radius 1 is 0.830 bits per heavy atom. The number of hydrogen-bond donors (Lipinski definition) is 1. The minimum Gasteiger partial charge on any atom is -0.454 e. The number of aryl methyl sites for hydroxylation is 2. The zero-order chi connectivity index (χ0) is 37.0. The summed E-state index contributed by atoms with van der Waals surface area (Å²) >= 11 is 0. The van der Waals surface area contributed by atoms with E-state index in [-0.39, 0.29) is 42.2 Å². The van der Waals surface area contributed by atoms with E-state index < -0.39 is 17.1 Å². The zero-order valence-electron chi connectivity index (χ0n) is 28.8. The maximum atomic E-state index is 13.3. The number of halogens is 2. The number of fused-ring (bicyclic) bond motifs is 2. The van der Waals surface area contributed by atoms with Crippen molar-refractivity contribution in [3.05, 3.63) is 107 Å². The molecule has 2 fully saturated rings. The van der Waals surface area contributed by atoms with Crippen molar-refractivity contribution in [2.75, 3.05) is 12.1 Å². The van der Waals surface area contributed by atoms with Crippen molar-refractivity contribution in [3.8, 4) is 23.0 Å². The Morgan fingerprint density at radius 2 is 1.53 bits per heavy atom. The molecule has 2 aromatic carbocycles. The van der Waals surface area contributed by atoms with Gasteiger partial charge in [0.05, 0.1) is 22.9 Å². The third-order valence-corrected chi connectivity index (χ3v) is 9.95. The van der Waals surface area contributed by atoms with Crippen molar-refractivity contribution in [2.24, 2.45) is 0 Å². The molecule has 0 radical (unpaired) electrons. The van der Waals surface area contributed by atoms with Crippen LogP contribution in [0.4, 0.5) is 14.7 Å². The summed E-state index contributed by atoms with van der Waals surface area (Å²) in [7, 11) is 0. The third kappa shape index (κ3) is 6.72. The van der Waals surface area contributed by atoms with Crippen molar-refractivity contribution in [3.63, 3.8) is 0 Å². The predicted octanol–water partition coefficient (Wildman–Crippen LogP) is 6.05. The van der Waals surface area contributed by atoms with Gasteiger partial charge in [0.1, 0.15) is 5.82 Å². The van der Waals surface area contributed by atoms with E-state index in [1.807, 2.05) is 38.1 Å². The largest absolute Gasteiger partial charge is 0.586 e. The van der Waals surface area contributed by atoms with E-state index in [1.54, 1.807) is 30.6 Å². The number of Topliss-reactive ketones (excluding diaryl/α,β-unsaturated/α-hetero) is 1. The van der Waals surface area contributed by atoms with Crippen molar-refractivity contribution < 1.29 is 42.1 Å². The first-order chi connectivity index (χ1) is 25.4. The Kier molecular flexibility index (Phi) is 8.27. The Hall–Kier alpha value is -6.05. The molecule has 14 heteroatoms. The van der Waals surface area contributed by atoms with Gasteiger partial charge in [-0.05, 0) is 104 Å². The van der Waals surface area contributed by atoms with Gasteiger partial charge in [-0.15, -0.1) is 8.78 Å². The van der Waals surface area contributed by atoms with E-state index in [9.17, 15) is 23.2 Å². The number of carbonyl (C=O) groups is 3. The van der Waals surface area contributed by atoms with E-state index in [0.717, 1.165) is 41.0 Å². The molecular formula is C39H33F2N5O7. The summed E-state index contributed by atoms with van der Waals surface area (Å²) in [6.45, 7) is 3.97. The van der Waals surface area contributed by atoms with Crippen LogP contribution in [0.15, 0.2) is 73.1 Å². The number of benzene rings is 2. The maximum Gasteiger partial charge on any atom is 0.586 e. The summed E-state index contributed by atoms with van der Waals surface area (Å²) in [6.07, 6.45) is 7.86. The van der Waals surface area contributed by atoms with E-state index in [0.29, 0.717) is 48.0 Å². The first kappa shape index (κ1) is 34.1. The number of amides is 1. The molecule has 2 aromatic heterocycles. The molecule has 2 aliphatic heterocycles. The van der Waals surface area contributed by atoms with Crippen LogP contribution in [0.25, 0.3) is 5.57 Å². The van der Waals surface area contributed by atoms with E-state index >= 15 is 0 Å². The van der Waals surface area contributed by atoms with Gasteiger partial charge in [0.2, 0.25) is 18.6 Å². The molecular weight excluding hydrogens is 688 g/mol. The van der Waals surface area contributed by atoms with Crippen LogP contribution in [-0.4, -0.2) is 50.5 Å². The topological polar surface area (TPSA) is 152 Å². The van der Waals surface area contributed by atoms with Crippen LogP contribution in [0, 0.1) is 13.8 Å². The van der Waals surface area contributed by atoms with E-state index in [4.69, 9.17) is 9.47 Å². The van der Waals surface area contributed by atoms with Crippen LogP contribution in [0.3, 0.4) is 0 Å². The lowest BCUT2D eigenvalue weighted by atomic mass is 9.89. The Balaban J connectivity index is 0.000000160. The van der Waals surface area contributed by atoms with Crippen molar-refractivity contribution in [1.82, 2.24) is 19.9 Å². The number of hydrogen-bond acceptors (Lipinski definition) is 11. The van der Waals surface area contributed by atoms with Gasteiger partial charge >= 0.3 is 6.29 Å². The number of aromatic nitrogens is 4. The molecule has 4 aromatic rings. The SMILES string of the molecule is Cc1ccnc(NC(=O)C2(c3ccc4c(c3)OCO4)CC2)n1.Cc1cnc(CC(=O)C2(c3ccc4c(c3)OC(F)(F)O4)CC2)nc1C1=CCC(=O)C=C1. The molecule has 1 amide bonds.